The number of carboxylic acid groups (broad SMARTS) is 1. The minimum Gasteiger partial charge on any atom is -0.480 e. The number of amides is 2. The first kappa shape index (κ1) is 16.0. The van der Waals surface area contributed by atoms with Crippen molar-refractivity contribution in [2.24, 2.45) is 0 Å². The zero-order valence-electron chi connectivity index (χ0n) is 11.8. The molecule has 0 aliphatic heterocycles. The van der Waals surface area contributed by atoms with Crippen LogP contribution >= 0.6 is 0 Å². The number of methoxy groups -OCH3 is 1. The normalized spacial score (nSPS) is 10.1. The van der Waals surface area contributed by atoms with Crippen molar-refractivity contribution in [2.75, 3.05) is 25.5 Å². The Labute approximate surface area is 118 Å². The Kier molecular flexibility index (Phi) is 6.52. The average Bonchev–Trinajstić information content (AvgIpc) is 2.38. The van der Waals surface area contributed by atoms with Gasteiger partial charge in [0.1, 0.15) is 6.54 Å². The highest BCUT2D eigenvalue weighted by Gasteiger charge is 2.15. The first-order valence-electron chi connectivity index (χ1n) is 6.42. The van der Waals surface area contributed by atoms with Crippen LogP contribution in [0.1, 0.15) is 18.9 Å². The van der Waals surface area contributed by atoms with E-state index in [4.69, 9.17) is 9.84 Å². The van der Waals surface area contributed by atoms with Crippen LogP contribution in [-0.2, 0) is 16.1 Å². The second kappa shape index (κ2) is 8.16. The van der Waals surface area contributed by atoms with Crippen molar-refractivity contribution in [2.45, 2.75) is 20.0 Å². The molecule has 0 aliphatic carbocycles. The predicted octanol–water partition coefficient (Wildman–Crippen LogP) is 2.16. The minimum atomic E-state index is -1.03. The van der Waals surface area contributed by atoms with Crippen molar-refractivity contribution in [3.63, 3.8) is 0 Å². The molecule has 6 heteroatoms. The van der Waals surface area contributed by atoms with E-state index < -0.39 is 12.0 Å². The van der Waals surface area contributed by atoms with Gasteiger partial charge < -0.3 is 20.1 Å². The molecule has 0 spiro atoms. The summed E-state index contributed by atoms with van der Waals surface area (Å²) in [7, 11) is 1.60. The second-order valence-electron chi connectivity index (χ2n) is 4.38. The summed E-state index contributed by atoms with van der Waals surface area (Å²) in [5.74, 6) is -1.03. The highest BCUT2D eigenvalue weighted by molar-refractivity contribution is 5.91. The third kappa shape index (κ3) is 5.27. The molecule has 0 fully saturated rings. The maximum Gasteiger partial charge on any atom is 0.323 e. The van der Waals surface area contributed by atoms with Gasteiger partial charge in [-0.15, -0.1) is 0 Å². The van der Waals surface area contributed by atoms with E-state index in [1.54, 1.807) is 19.2 Å². The van der Waals surface area contributed by atoms with Crippen LogP contribution in [-0.4, -0.2) is 42.2 Å². The molecule has 20 heavy (non-hydrogen) atoms. The fraction of sp³-hybridized carbons (Fsp3) is 0.429. The highest BCUT2D eigenvalue weighted by atomic mass is 16.5. The third-order valence-electron chi connectivity index (χ3n) is 2.60. The van der Waals surface area contributed by atoms with Crippen LogP contribution in [0.15, 0.2) is 24.3 Å². The number of urea groups is 1. The maximum absolute atomic E-state index is 12.0. The molecule has 0 saturated carbocycles. The summed E-state index contributed by atoms with van der Waals surface area (Å²) < 4.78 is 5.03. The van der Waals surface area contributed by atoms with Gasteiger partial charge in [-0.2, -0.15) is 0 Å². The summed E-state index contributed by atoms with van der Waals surface area (Å²) in [6.45, 7) is 2.44. The third-order valence-corrected chi connectivity index (χ3v) is 2.60. The lowest BCUT2D eigenvalue weighted by Gasteiger charge is -2.20. The topological polar surface area (TPSA) is 78.9 Å². The molecule has 0 radical (unpaired) electrons. The molecule has 2 amide bonds. The van der Waals surface area contributed by atoms with Gasteiger partial charge >= 0.3 is 12.0 Å². The van der Waals surface area contributed by atoms with Gasteiger partial charge in [-0.25, -0.2) is 4.79 Å². The molecule has 0 aliphatic rings. The maximum atomic E-state index is 12.0. The van der Waals surface area contributed by atoms with Gasteiger partial charge in [-0.3, -0.25) is 4.79 Å². The second-order valence-corrected chi connectivity index (χ2v) is 4.38. The Morgan fingerprint density at radius 2 is 2.15 bits per heavy atom. The lowest BCUT2D eigenvalue weighted by atomic mass is 10.2. The molecule has 0 unspecified atom stereocenters. The molecule has 110 valence electrons. The zero-order valence-corrected chi connectivity index (χ0v) is 11.8. The molecule has 2 N–H and O–H groups in total. The number of carbonyl (C=O) groups excluding carboxylic acids is 1. The molecule has 1 aromatic carbocycles. The van der Waals surface area contributed by atoms with Crippen LogP contribution in [0.3, 0.4) is 0 Å². The van der Waals surface area contributed by atoms with Crippen LogP contribution in [0.5, 0.6) is 0 Å². The van der Waals surface area contributed by atoms with Gasteiger partial charge in [0, 0.05) is 19.3 Å². The van der Waals surface area contributed by atoms with Crippen LogP contribution in [0, 0.1) is 0 Å². The van der Waals surface area contributed by atoms with Gasteiger partial charge in [0.25, 0.3) is 0 Å². The molecule has 0 aromatic heterocycles. The Balaban J connectivity index is 2.71. The van der Waals surface area contributed by atoms with Crippen LogP contribution in [0.25, 0.3) is 0 Å². The Bertz CT molecular complexity index is 462. The predicted molar refractivity (Wildman–Crippen MR) is 75.7 cm³/mol. The number of carbonyl (C=O) groups is 2. The van der Waals surface area contributed by atoms with Gasteiger partial charge in [-0.1, -0.05) is 19.1 Å². The van der Waals surface area contributed by atoms with Crippen molar-refractivity contribution in [1.29, 1.82) is 0 Å². The number of carboxylic acids is 1. The van der Waals surface area contributed by atoms with E-state index in [-0.39, 0.29) is 6.54 Å². The van der Waals surface area contributed by atoms with Gasteiger partial charge in [0.15, 0.2) is 0 Å². The van der Waals surface area contributed by atoms with E-state index in [1.807, 2.05) is 19.1 Å². The molecule has 1 rings (SSSR count). The van der Waals surface area contributed by atoms with Crippen LogP contribution < -0.4 is 5.32 Å². The number of anilines is 1. The summed E-state index contributed by atoms with van der Waals surface area (Å²) in [5.41, 5.74) is 1.56. The SMILES string of the molecule is CCCN(CC(=O)O)C(=O)Nc1cccc(COC)c1. The molecule has 0 heterocycles. The van der Waals surface area contributed by atoms with Crippen molar-refractivity contribution in [3.05, 3.63) is 29.8 Å². The van der Waals surface area contributed by atoms with E-state index in [2.05, 4.69) is 5.32 Å². The van der Waals surface area contributed by atoms with Crippen LogP contribution in [0.4, 0.5) is 10.5 Å². The van der Waals surface area contributed by atoms with E-state index in [0.29, 0.717) is 25.3 Å². The van der Waals surface area contributed by atoms with Gasteiger partial charge in [0.05, 0.1) is 6.61 Å². The van der Waals surface area contributed by atoms with E-state index >= 15 is 0 Å². The smallest absolute Gasteiger partial charge is 0.323 e. The summed E-state index contributed by atoms with van der Waals surface area (Å²) in [6.07, 6.45) is 0.699. The fourth-order valence-corrected chi connectivity index (χ4v) is 1.79. The van der Waals surface area contributed by atoms with E-state index in [0.717, 1.165) is 5.56 Å². The van der Waals surface area contributed by atoms with Crippen molar-refractivity contribution < 1.29 is 19.4 Å². The molecule has 6 nitrogen and oxygen atoms in total. The fourth-order valence-electron chi connectivity index (χ4n) is 1.79. The monoisotopic (exact) mass is 280 g/mol. The van der Waals surface area contributed by atoms with E-state index in [1.165, 1.54) is 4.90 Å². The minimum absolute atomic E-state index is 0.308. The number of benzene rings is 1. The summed E-state index contributed by atoms with van der Waals surface area (Å²) >= 11 is 0. The standard InChI is InChI=1S/C14H20N2O4/c1-3-7-16(9-13(17)18)14(19)15-12-6-4-5-11(8-12)10-20-2/h4-6,8H,3,7,9-10H2,1-2H3,(H,15,19)(H,17,18). The highest BCUT2D eigenvalue weighted by Crippen LogP contribution is 2.12. The van der Waals surface area contributed by atoms with Crippen molar-refractivity contribution in [3.8, 4) is 0 Å². The zero-order chi connectivity index (χ0) is 15.0. The summed E-state index contributed by atoms with van der Waals surface area (Å²) in [5, 5.41) is 11.5. The summed E-state index contributed by atoms with van der Waals surface area (Å²) in [6, 6.07) is 6.84. The van der Waals surface area contributed by atoms with Gasteiger partial charge in [-0.05, 0) is 24.1 Å². The molecular formula is C14H20N2O4. The number of ether oxygens (including phenoxy) is 1. The average molecular weight is 280 g/mol. The lowest BCUT2D eigenvalue weighted by molar-refractivity contribution is -0.137. The van der Waals surface area contributed by atoms with Gasteiger partial charge in [0.2, 0.25) is 0 Å². The molecule has 0 bridgehead atoms. The number of hydrogen-bond acceptors (Lipinski definition) is 3. The Morgan fingerprint density at radius 1 is 1.40 bits per heavy atom. The number of nitrogens with one attached hydrogen (secondary N) is 1. The lowest BCUT2D eigenvalue weighted by Crippen LogP contribution is -2.39. The first-order chi connectivity index (χ1) is 9.56. The number of nitrogens with zero attached hydrogens (tertiary/aromatic N) is 1. The van der Waals surface area contributed by atoms with Crippen molar-refractivity contribution in [1.82, 2.24) is 4.90 Å². The van der Waals surface area contributed by atoms with Crippen LogP contribution in [0.2, 0.25) is 0 Å². The first-order valence-corrected chi connectivity index (χ1v) is 6.42. The molecular weight excluding hydrogens is 260 g/mol. The number of rotatable bonds is 7. The Morgan fingerprint density at radius 3 is 2.75 bits per heavy atom. The quantitative estimate of drug-likeness (QED) is 0.802. The number of hydrogen-bond donors (Lipinski definition) is 2. The van der Waals surface area contributed by atoms with E-state index in [9.17, 15) is 9.59 Å². The molecule has 0 saturated heterocycles. The molecule has 0 atom stereocenters. The Hall–Kier alpha value is -2.08. The molecule has 1 aromatic rings. The largest absolute Gasteiger partial charge is 0.480 e. The van der Waals surface area contributed by atoms with Crippen molar-refractivity contribution >= 4 is 17.7 Å². The number of aliphatic carboxylic acids is 1. The summed E-state index contributed by atoms with van der Waals surface area (Å²) in [4.78, 5) is 24.0.